The van der Waals surface area contributed by atoms with Crippen molar-refractivity contribution in [1.82, 2.24) is 9.88 Å². The molecule has 0 spiro atoms. The highest BCUT2D eigenvalue weighted by molar-refractivity contribution is 6.31. The molecule has 156 valence electrons. The van der Waals surface area contributed by atoms with Gasteiger partial charge in [0.2, 0.25) is 5.91 Å². The van der Waals surface area contributed by atoms with E-state index in [1.54, 1.807) is 19.2 Å². The van der Waals surface area contributed by atoms with Gasteiger partial charge < -0.3 is 15.4 Å². The van der Waals surface area contributed by atoms with Crippen molar-refractivity contribution >= 4 is 41.0 Å². The molecule has 0 radical (unpaired) electrons. The SMILES string of the molecule is CN(C(=O)CCc1cccc(F)c1Cl)[C@@H](CN)COC(=O)Nc1ccc(Cl)cn1. The molecule has 0 aliphatic carbocycles. The third kappa shape index (κ3) is 6.85. The van der Waals surface area contributed by atoms with Gasteiger partial charge in [-0.1, -0.05) is 35.3 Å². The summed E-state index contributed by atoms with van der Waals surface area (Å²) in [6.07, 6.45) is 1.04. The minimum atomic E-state index is -0.731. The highest BCUT2D eigenvalue weighted by Gasteiger charge is 2.21. The first-order valence-corrected chi connectivity index (χ1v) is 9.51. The molecule has 2 amide bonds. The summed E-state index contributed by atoms with van der Waals surface area (Å²) >= 11 is 11.6. The first kappa shape index (κ1) is 22.9. The zero-order valence-corrected chi connectivity index (χ0v) is 17.2. The Hall–Kier alpha value is -2.42. The van der Waals surface area contributed by atoms with E-state index in [1.165, 1.54) is 29.3 Å². The Morgan fingerprint density at radius 1 is 1.31 bits per heavy atom. The van der Waals surface area contributed by atoms with E-state index in [9.17, 15) is 14.0 Å². The van der Waals surface area contributed by atoms with Gasteiger partial charge in [0.05, 0.1) is 16.1 Å². The number of pyridine rings is 1. The van der Waals surface area contributed by atoms with Crippen molar-refractivity contribution in [2.45, 2.75) is 18.9 Å². The van der Waals surface area contributed by atoms with Gasteiger partial charge >= 0.3 is 6.09 Å². The second kappa shape index (κ2) is 10.9. The molecule has 1 heterocycles. The number of hydrogen-bond acceptors (Lipinski definition) is 5. The summed E-state index contributed by atoms with van der Waals surface area (Å²) in [7, 11) is 1.56. The Labute approximate surface area is 177 Å². The van der Waals surface area contributed by atoms with E-state index < -0.39 is 18.0 Å². The van der Waals surface area contributed by atoms with Crippen LogP contribution in [0.5, 0.6) is 0 Å². The number of anilines is 1. The maximum atomic E-state index is 13.5. The summed E-state index contributed by atoms with van der Waals surface area (Å²) < 4.78 is 18.6. The van der Waals surface area contributed by atoms with Crippen LogP contribution in [0.2, 0.25) is 10.0 Å². The van der Waals surface area contributed by atoms with Crippen LogP contribution >= 0.6 is 23.2 Å². The van der Waals surface area contributed by atoms with Crippen molar-refractivity contribution < 1.29 is 18.7 Å². The van der Waals surface area contributed by atoms with Crippen molar-refractivity contribution in [3.63, 3.8) is 0 Å². The number of aromatic nitrogens is 1. The van der Waals surface area contributed by atoms with Crippen LogP contribution in [0.4, 0.5) is 15.0 Å². The lowest BCUT2D eigenvalue weighted by atomic mass is 10.1. The first-order chi connectivity index (χ1) is 13.8. The topological polar surface area (TPSA) is 97.5 Å². The molecule has 10 heteroatoms. The Kier molecular flexibility index (Phi) is 8.63. The number of benzene rings is 1. The zero-order valence-electron chi connectivity index (χ0n) is 15.7. The monoisotopic (exact) mass is 442 g/mol. The third-order valence-corrected chi connectivity index (χ3v) is 4.86. The predicted molar refractivity (Wildman–Crippen MR) is 110 cm³/mol. The lowest BCUT2D eigenvalue weighted by Gasteiger charge is -2.27. The van der Waals surface area contributed by atoms with Crippen LogP contribution in [0.15, 0.2) is 36.5 Å². The quantitative estimate of drug-likeness (QED) is 0.651. The van der Waals surface area contributed by atoms with Crippen molar-refractivity contribution in [3.8, 4) is 0 Å². The molecular weight excluding hydrogens is 422 g/mol. The van der Waals surface area contributed by atoms with E-state index in [1.807, 2.05) is 0 Å². The second-order valence-electron chi connectivity index (χ2n) is 6.19. The fourth-order valence-electron chi connectivity index (χ4n) is 2.46. The van der Waals surface area contributed by atoms with Gasteiger partial charge in [0.25, 0.3) is 0 Å². The van der Waals surface area contributed by atoms with Gasteiger partial charge in [-0.25, -0.2) is 14.2 Å². The smallest absolute Gasteiger partial charge is 0.412 e. The second-order valence-corrected chi connectivity index (χ2v) is 7.01. The number of carbonyl (C=O) groups is 2. The molecule has 0 unspecified atom stereocenters. The summed E-state index contributed by atoms with van der Waals surface area (Å²) in [4.78, 5) is 29.7. The maximum absolute atomic E-state index is 13.5. The van der Waals surface area contributed by atoms with Crippen LogP contribution in [0.25, 0.3) is 0 Å². The maximum Gasteiger partial charge on any atom is 0.412 e. The average molecular weight is 443 g/mol. The normalized spacial score (nSPS) is 11.6. The number of nitrogens with zero attached hydrogens (tertiary/aromatic N) is 2. The van der Waals surface area contributed by atoms with Crippen LogP contribution < -0.4 is 11.1 Å². The molecule has 7 nitrogen and oxygen atoms in total. The van der Waals surface area contributed by atoms with E-state index in [0.717, 1.165) is 0 Å². The van der Waals surface area contributed by atoms with Crippen LogP contribution in [0.1, 0.15) is 12.0 Å². The molecule has 29 heavy (non-hydrogen) atoms. The summed E-state index contributed by atoms with van der Waals surface area (Å²) in [5.74, 6) is -0.483. The van der Waals surface area contributed by atoms with E-state index in [0.29, 0.717) is 10.6 Å². The van der Waals surface area contributed by atoms with Crippen molar-refractivity contribution in [1.29, 1.82) is 0 Å². The van der Waals surface area contributed by atoms with Crippen molar-refractivity contribution in [2.75, 3.05) is 25.5 Å². The molecule has 0 aliphatic rings. The summed E-state index contributed by atoms with van der Waals surface area (Å²) in [6.45, 7) is -0.00563. The summed E-state index contributed by atoms with van der Waals surface area (Å²) in [5.41, 5.74) is 6.26. The molecule has 0 saturated carbocycles. The molecule has 2 aromatic rings. The van der Waals surface area contributed by atoms with Gasteiger partial charge in [-0.2, -0.15) is 0 Å². The van der Waals surface area contributed by atoms with E-state index in [-0.39, 0.29) is 42.7 Å². The van der Waals surface area contributed by atoms with Crippen LogP contribution in [-0.2, 0) is 16.0 Å². The molecule has 2 rings (SSSR count). The average Bonchev–Trinajstić information content (AvgIpc) is 2.70. The van der Waals surface area contributed by atoms with E-state index >= 15 is 0 Å². The molecule has 1 aromatic heterocycles. The minimum absolute atomic E-state index is 0.00846. The van der Waals surface area contributed by atoms with Gasteiger partial charge in [0.1, 0.15) is 18.2 Å². The molecule has 1 atom stereocenters. The third-order valence-electron chi connectivity index (χ3n) is 4.22. The van der Waals surface area contributed by atoms with Crippen LogP contribution in [-0.4, -0.2) is 48.1 Å². The molecule has 0 aliphatic heterocycles. The number of aryl methyl sites for hydroxylation is 1. The van der Waals surface area contributed by atoms with Gasteiger partial charge in [0.15, 0.2) is 0 Å². The largest absolute Gasteiger partial charge is 0.447 e. The lowest BCUT2D eigenvalue weighted by molar-refractivity contribution is -0.132. The standard InChI is InChI=1S/C19H21Cl2FN4O3/c1-26(17(27)8-5-12-3-2-4-15(22)18(12)21)14(9-23)11-29-19(28)25-16-7-6-13(20)10-24-16/h2-4,6-7,10,14H,5,8-9,11,23H2,1H3,(H,24,25,28)/t14-/m0/s1. The Balaban J connectivity index is 1.84. The molecule has 0 saturated heterocycles. The molecular formula is C19H21Cl2FN4O3. The van der Waals surface area contributed by atoms with E-state index in [2.05, 4.69) is 10.3 Å². The Bertz CT molecular complexity index is 852. The fourth-order valence-corrected chi connectivity index (χ4v) is 2.80. The van der Waals surface area contributed by atoms with Gasteiger partial charge in [-0.15, -0.1) is 0 Å². The molecule has 3 N–H and O–H groups in total. The summed E-state index contributed by atoms with van der Waals surface area (Å²) in [6, 6.07) is 7.04. The number of likely N-dealkylation sites (N-methyl/N-ethyl adjacent to an activating group) is 1. The number of nitrogens with one attached hydrogen (secondary N) is 1. The zero-order chi connectivity index (χ0) is 21.4. The first-order valence-electron chi connectivity index (χ1n) is 8.75. The molecule has 0 bridgehead atoms. The minimum Gasteiger partial charge on any atom is -0.447 e. The lowest BCUT2D eigenvalue weighted by Crippen LogP contribution is -2.45. The van der Waals surface area contributed by atoms with Crippen molar-refractivity contribution in [2.24, 2.45) is 5.73 Å². The van der Waals surface area contributed by atoms with E-state index in [4.69, 9.17) is 33.7 Å². The number of halogens is 3. The van der Waals surface area contributed by atoms with Crippen LogP contribution in [0.3, 0.4) is 0 Å². The number of ether oxygens (including phenoxy) is 1. The van der Waals surface area contributed by atoms with Gasteiger partial charge in [-0.3, -0.25) is 10.1 Å². The number of carbonyl (C=O) groups excluding carboxylic acids is 2. The van der Waals surface area contributed by atoms with Crippen molar-refractivity contribution in [3.05, 3.63) is 58.0 Å². The number of hydrogen-bond donors (Lipinski definition) is 2. The molecule has 1 aromatic carbocycles. The predicted octanol–water partition coefficient (Wildman–Crippen LogP) is 3.49. The van der Waals surface area contributed by atoms with Crippen LogP contribution in [0, 0.1) is 5.82 Å². The highest BCUT2D eigenvalue weighted by atomic mass is 35.5. The Morgan fingerprint density at radius 2 is 2.07 bits per heavy atom. The van der Waals surface area contributed by atoms with Gasteiger partial charge in [0, 0.05) is 26.2 Å². The number of nitrogens with two attached hydrogens (primary N) is 1. The highest BCUT2D eigenvalue weighted by Crippen LogP contribution is 2.21. The Morgan fingerprint density at radius 3 is 2.72 bits per heavy atom. The molecule has 0 fully saturated rings. The number of rotatable bonds is 8. The number of amides is 2. The van der Waals surface area contributed by atoms with Gasteiger partial charge in [-0.05, 0) is 30.2 Å². The fraction of sp³-hybridized carbons (Fsp3) is 0.316. The summed E-state index contributed by atoms with van der Waals surface area (Å²) in [5, 5.41) is 2.89.